The number of amides is 1. The maximum absolute atomic E-state index is 13.0. The van der Waals surface area contributed by atoms with Gasteiger partial charge in [0.1, 0.15) is 24.4 Å². The van der Waals surface area contributed by atoms with E-state index in [4.69, 9.17) is 14.2 Å². The van der Waals surface area contributed by atoms with E-state index >= 15 is 0 Å². The predicted octanol–water partition coefficient (Wildman–Crippen LogP) is 20.1. The summed E-state index contributed by atoms with van der Waals surface area (Å²) >= 11 is 0. The molecule has 1 amide bonds. The van der Waals surface area contributed by atoms with Gasteiger partial charge in [0.25, 0.3) is 0 Å². The van der Waals surface area contributed by atoms with Gasteiger partial charge in [-0.15, -0.1) is 0 Å². The maximum atomic E-state index is 13.0. The van der Waals surface area contributed by atoms with E-state index in [1.165, 1.54) is 295 Å². The van der Waals surface area contributed by atoms with Crippen LogP contribution in [0.5, 0.6) is 0 Å². The lowest BCUT2D eigenvalue weighted by Crippen LogP contribution is -2.60. The van der Waals surface area contributed by atoms with Gasteiger partial charge < -0.3 is 45.1 Å². The van der Waals surface area contributed by atoms with Gasteiger partial charge in [-0.25, -0.2) is 0 Å². The highest BCUT2D eigenvalue weighted by molar-refractivity contribution is 5.76. The third kappa shape index (κ3) is 54.4. The lowest BCUT2D eigenvalue weighted by atomic mass is 9.99. The van der Waals surface area contributed by atoms with Gasteiger partial charge in [0, 0.05) is 12.8 Å². The van der Waals surface area contributed by atoms with Crippen molar-refractivity contribution < 1.29 is 49.3 Å². The topological polar surface area (TPSA) is 175 Å². The zero-order chi connectivity index (χ0) is 63.7. The fourth-order valence-corrected chi connectivity index (χ4v) is 12.2. The average Bonchev–Trinajstić information content (AvgIpc) is 2.54. The van der Waals surface area contributed by atoms with Crippen LogP contribution in [0.2, 0.25) is 0 Å². The number of esters is 1. The van der Waals surface area contributed by atoms with Crippen molar-refractivity contribution in [3.05, 3.63) is 36.5 Å². The van der Waals surface area contributed by atoms with E-state index in [1.54, 1.807) is 6.08 Å². The minimum Gasteiger partial charge on any atom is -0.466 e. The second-order valence-electron chi connectivity index (χ2n) is 26.7. The summed E-state index contributed by atoms with van der Waals surface area (Å²) in [5, 5.41) is 54.3. The van der Waals surface area contributed by atoms with Crippen LogP contribution in [0.4, 0.5) is 0 Å². The molecule has 1 rings (SSSR count). The highest BCUT2D eigenvalue weighted by Crippen LogP contribution is 2.24. The van der Waals surface area contributed by atoms with Crippen LogP contribution in [0.25, 0.3) is 0 Å². The van der Waals surface area contributed by atoms with Crippen LogP contribution in [0.1, 0.15) is 380 Å². The number of hydrogen-bond donors (Lipinski definition) is 6. The number of rotatable bonds is 68. The van der Waals surface area contributed by atoms with Crippen molar-refractivity contribution in [2.75, 3.05) is 19.8 Å². The molecular formula is C77H145NO10. The Morgan fingerprint density at radius 1 is 0.409 bits per heavy atom. The number of nitrogens with one attached hydrogen (secondary N) is 1. The molecule has 0 spiro atoms. The number of unbranched alkanes of at least 4 members (excludes halogenated alkanes) is 50. The van der Waals surface area contributed by atoms with E-state index in [0.29, 0.717) is 19.4 Å². The zero-order valence-electron chi connectivity index (χ0n) is 57.7. The van der Waals surface area contributed by atoms with Crippen molar-refractivity contribution in [1.29, 1.82) is 0 Å². The second kappa shape index (κ2) is 66.3. The molecule has 1 fully saturated rings. The Labute approximate surface area is 543 Å². The summed E-state index contributed by atoms with van der Waals surface area (Å²) in [5.74, 6) is -0.171. The highest BCUT2D eigenvalue weighted by Gasteiger charge is 2.44. The van der Waals surface area contributed by atoms with Crippen LogP contribution in [-0.2, 0) is 23.8 Å². The van der Waals surface area contributed by atoms with Crippen LogP contribution in [0, 0.1) is 0 Å². The van der Waals surface area contributed by atoms with Crippen LogP contribution >= 0.6 is 0 Å². The van der Waals surface area contributed by atoms with Crippen molar-refractivity contribution in [2.24, 2.45) is 0 Å². The third-order valence-electron chi connectivity index (χ3n) is 18.2. The fourth-order valence-electron chi connectivity index (χ4n) is 12.2. The standard InChI is InChI=1S/C77H145NO10/c1-3-5-7-9-11-13-14-45-49-53-57-61-65-73(82)86-66-62-58-54-50-46-43-41-39-37-35-33-31-29-27-25-23-21-19-17-15-16-18-20-22-24-26-28-30-32-34-36-38-40-42-44-48-52-56-60-64-72(81)78-69(70(80)63-59-55-51-47-12-10-8-6-4-2)68-87-77-76(85)75(84)74(83)71(67-79)88-77/h11,13,15-16,59,63,69-71,74-77,79-80,83-85H,3-10,12,14,17-58,60-62,64-68H2,1-2H3,(H,78,81)/b13-11-,16-15-,63-59+. The van der Waals surface area contributed by atoms with Crippen LogP contribution in [-0.4, -0.2) is 100 Å². The lowest BCUT2D eigenvalue weighted by Gasteiger charge is -2.40. The van der Waals surface area contributed by atoms with Crippen molar-refractivity contribution in [2.45, 2.75) is 423 Å². The molecule has 518 valence electrons. The monoisotopic (exact) mass is 1240 g/mol. The molecule has 1 heterocycles. The summed E-state index contributed by atoms with van der Waals surface area (Å²) in [6.45, 7) is 4.33. The molecule has 1 saturated heterocycles. The Kier molecular flexibility index (Phi) is 63.2. The van der Waals surface area contributed by atoms with Gasteiger partial charge in [0.05, 0.1) is 32.0 Å². The Hall–Kier alpha value is -2.12. The Morgan fingerprint density at radius 2 is 0.727 bits per heavy atom. The minimum atomic E-state index is -1.57. The van der Waals surface area contributed by atoms with E-state index in [9.17, 15) is 35.1 Å². The number of carbonyl (C=O) groups excluding carboxylic acids is 2. The third-order valence-corrected chi connectivity index (χ3v) is 18.2. The van der Waals surface area contributed by atoms with E-state index in [-0.39, 0.29) is 18.5 Å². The molecule has 11 heteroatoms. The van der Waals surface area contributed by atoms with Crippen molar-refractivity contribution in [3.63, 3.8) is 0 Å². The van der Waals surface area contributed by atoms with E-state index in [2.05, 4.69) is 43.5 Å². The molecule has 0 aromatic rings. The highest BCUT2D eigenvalue weighted by atomic mass is 16.7. The van der Waals surface area contributed by atoms with Crippen LogP contribution < -0.4 is 5.32 Å². The van der Waals surface area contributed by atoms with Crippen molar-refractivity contribution in [1.82, 2.24) is 5.32 Å². The molecular weight excluding hydrogens is 1100 g/mol. The summed E-state index contributed by atoms with van der Waals surface area (Å²) in [6.07, 6.45) is 76.2. The van der Waals surface area contributed by atoms with Crippen molar-refractivity contribution >= 4 is 11.9 Å². The summed E-state index contributed by atoms with van der Waals surface area (Å²) in [5.41, 5.74) is 0. The molecule has 1 aliphatic rings. The average molecular weight is 1250 g/mol. The van der Waals surface area contributed by atoms with Gasteiger partial charge in [-0.1, -0.05) is 320 Å². The molecule has 0 bridgehead atoms. The van der Waals surface area contributed by atoms with Crippen LogP contribution in [0.15, 0.2) is 36.5 Å². The van der Waals surface area contributed by atoms with Crippen LogP contribution in [0.3, 0.4) is 0 Å². The number of aliphatic hydroxyl groups excluding tert-OH is 5. The first kappa shape index (κ1) is 83.9. The Balaban J connectivity index is 1.86. The molecule has 0 aromatic heterocycles. The SMILES string of the molecule is CCCCC/C=C\CCCCCCCC(=O)OCCCCCCCCCCCCCCCCCCCC/C=C\CCCCCCCCCCCCCCCCCCCC(=O)NC(COC1OC(CO)C(O)C(O)C1O)C(O)/C=C/CCCCCCCCC. The van der Waals surface area contributed by atoms with E-state index in [1.807, 2.05) is 6.08 Å². The number of hydrogen-bond acceptors (Lipinski definition) is 10. The molecule has 7 atom stereocenters. The first-order chi connectivity index (χ1) is 43.2. The number of aliphatic hydroxyl groups is 5. The van der Waals surface area contributed by atoms with Gasteiger partial charge in [-0.3, -0.25) is 9.59 Å². The number of carbonyl (C=O) groups is 2. The predicted molar refractivity (Wildman–Crippen MR) is 371 cm³/mol. The Bertz CT molecular complexity index is 1560. The summed E-state index contributed by atoms with van der Waals surface area (Å²) < 4.78 is 16.7. The molecule has 11 nitrogen and oxygen atoms in total. The van der Waals surface area contributed by atoms with Gasteiger partial charge in [0.15, 0.2) is 6.29 Å². The van der Waals surface area contributed by atoms with Gasteiger partial charge >= 0.3 is 5.97 Å². The molecule has 0 saturated carbocycles. The smallest absolute Gasteiger partial charge is 0.305 e. The Morgan fingerprint density at radius 3 is 1.11 bits per heavy atom. The normalized spacial score (nSPS) is 17.9. The van der Waals surface area contributed by atoms with Crippen molar-refractivity contribution in [3.8, 4) is 0 Å². The summed E-state index contributed by atoms with van der Waals surface area (Å²) in [6, 6.07) is -0.805. The summed E-state index contributed by atoms with van der Waals surface area (Å²) in [4.78, 5) is 25.1. The molecule has 1 aliphatic heterocycles. The number of allylic oxidation sites excluding steroid dienone is 5. The second-order valence-corrected chi connectivity index (χ2v) is 26.7. The first-order valence-corrected chi connectivity index (χ1v) is 38.3. The quantitative estimate of drug-likeness (QED) is 0.0195. The maximum Gasteiger partial charge on any atom is 0.305 e. The summed E-state index contributed by atoms with van der Waals surface area (Å²) in [7, 11) is 0. The largest absolute Gasteiger partial charge is 0.466 e. The number of ether oxygens (including phenoxy) is 3. The fraction of sp³-hybridized carbons (Fsp3) is 0.896. The lowest BCUT2D eigenvalue weighted by molar-refractivity contribution is -0.302. The molecule has 0 radical (unpaired) electrons. The zero-order valence-corrected chi connectivity index (χ0v) is 57.7. The van der Waals surface area contributed by atoms with Gasteiger partial charge in [-0.2, -0.15) is 0 Å². The minimum absolute atomic E-state index is 0.00690. The molecule has 88 heavy (non-hydrogen) atoms. The van der Waals surface area contributed by atoms with E-state index < -0.39 is 49.5 Å². The van der Waals surface area contributed by atoms with Gasteiger partial charge in [0.2, 0.25) is 5.91 Å². The molecule has 0 aromatic carbocycles. The first-order valence-electron chi connectivity index (χ1n) is 38.3. The molecule has 0 aliphatic carbocycles. The van der Waals surface area contributed by atoms with Gasteiger partial charge in [-0.05, 0) is 83.5 Å². The molecule has 7 unspecified atom stereocenters. The van der Waals surface area contributed by atoms with E-state index in [0.717, 1.165) is 57.8 Å². The molecule has 6 N–H and O–H groups in total.